The number of carbonyl (C=O) groups excluding carboxylic acids is 1. The van der Waals surface area contributed by atoms with E-state index in [4.69, 9.17) is 0 Å². The minimum atomic E-state index is -0.118. The summed E-state index contributed by atoms with van der Waals surface area (Å²) in [5.41, 5.74) is 5.44. The van der Waals surface area contributed by atoms with Gasteiger partial charge in [-0.3, -0.25) is 19.6 Å². The van der Waals surface area contributed by atoms with Crippen LogP contribution in [-0.4, -0.2) is 42.8 Å². The lowest BCUT2D eigenvalue weighted by Crippen LogP contribution is -2.26. The Hall–Kier alpha value is -2.96. The minimum absolute atomic E-state index is 0.118. The molecule has 1 amide bonds. The van der Waals surface area contributed by atoms with Gasteiger partial charge in [0.25, 0.3) is 5.91 Å². The first-order chi connectivity index (χ1) is 11.9. The first-order valence-corrected chi connectivity index (χ1v) is 8.14. The van der Waals surface area contributed by atoms with Gasteiger partial charge in [-0.15, -0.1) is 0 Å². The molecule has 3 heterocycles. The number of nitrogens with one attached hydrogen (secondary N) is 1. The molecule has 1 N–H and O–H groups in total. The van der Waals surface area contributed by atoms with Crippen LogP contribution in [0.1, 0.15) is 38.7 Å². The highest BCUT2D eigenvalue weighted by Gasteiger charge is 2.17. The second-order valence-electron chi connectivity index (χ2n) is 6.33. The molecule has 0 bridgehead atoms. The first-order valence-electron chi connectivity index (χ1n) is 8.14. The van der Waals surface area contributed by atoms with Gasteiger partial charge in [0.05, 0.1) is 17.9 Å². The number of aromatic nitrogens is 5. The van der Waals surface area contributed by atoms with Gasteiger partial charge in [-0.1, -0.05) is 0 Å². The molecule has 0 aromatic carbocycles. The summed E-state index contributed by atoms with van der Waals surface area (Å²) >= 11 is 0. The molecule has 0 fully saturated rings. The number of H-pyrrole nitrogens is 1. The van der Waals surface area contributed by atoms with Gasteiger partial charge in [0, 0.05) is 31.7 Å². The van der Waals surface area contributed by atoms with E-state index in [0.29, 0.717) is 18.8 Å². The average Bonchev–Trinajstić information content (AvgIpc) is 3.16. The maximum atomic E-state index is 12.6. The molecule has 7 nitrogen and oxygen atoms in total. The molecule has 3 aromatic rings. The van der Waals surface area contributed by atoms with Crippen LogP contribution in [0.15, 0.2) is 30.6 Å². The van der Waals surface area contributed by atoms with Crippen LogP contribution in [0.3, 0.4) is 0 Å². The average molecular weight is 338 g/mol. The van der Waals surface area contributed by atoms with Gasteiger partial charge in [0.15, 0.2) is 0 Å². The lowest BCUT2D eigenvalue weighted by Gasteiger charge is -2.17. The molecule has 7 heteroatoms. The summed E-state index contributed by atoms with van der Waals surface area (Å²) in [5, 5.41) is 11.5. The summed E-state index contributed by atoms with van der Waals surface area (Å²) in [6.45, 7) is 7.04. The molecule has 0 radical (unpaired) electrons. The van der Waals surface area contributed by atoms with Gasteiger partial charge in [0.1, 0.15) is 5.69 Å². The van der Waals surface area contributed by atoms with E-state index in [9.17, 15) is 4.79 Å². The second kappa shape index (κ2) is 6.88. The third-order valence-corrected chi connectivity index (χ3v) is 4.16. The van der Waals surface area contributed by atoms with Crippen LogP contribution in [0.25, 0.3) is 0 Å². The van der Waals surface area contributed by atoms with Gasteiger partial charge in [-0.2, -0.15) is 10.2 Å². The Morgan fingerprint density at radius 1 is 1.28 bits per heavy atom. The maximum absolute atomic E-state index is 12.6. The predicted octanol–water partition coefficient (Wildman–Crippen LogP) is 2.25. The fourth-order valence-electron chi connectivity index (χ4n) is 2.75. The van der Waals surface area contributed by atoms with Crippen LogP contribution in [0.4, 0.5) is 0 Å². The highest BCUT2D eigenvalue weighted by molar-refractivity contribution is 5.92. The molecule has 0 saturated carbocycles. The standard InChI is InChI=1S/C18H22N6O/c1-12-9-19-6-5-15(12)10-23(4)18(25)17-8-16(20-21-17)11-24-14(3)7-13(2)22-24/h5-9H,10-11H2,1-4H3,(H,20,21). The normalized spacial score (nSPS) is 10.9. The number of carbonyl (C=O) groups is 1. The van der Waals surface area contributed by atoms with E-state index in [1.807, 2.05) is 37.6 Å². The molecule has 0 saturated heterocycles. The molecular formula is C18H22N6O. The number of aromatic amines is 1. The lowest BCUT2D eigenvalue weighted by molar-refractivity contribution is 0.0779. The van der Waals surface area contributed by atoms with Crippen molar-refractivity contribution in [3.63, 3.8) is 0 Å². The molecule has 130 valence electrons. The highest BCUT2D eigenvalue weighted by Crippen LogP contribution is 2.12. The molecular weight excluding hydrogens is 316 g/mol. The zero-order valence-electron chi connectivity index (χ0n) is 14.9. The SMILES string of the molecule is Cc1cc(C)n(Cc2cc(C(=O)N(C)Cc3ccncc3C)n[nH]2)n1. The third kappa shape index (κ3) is 3.76. The Kier molecular flexibility index (Phi) is 4.65. The quantitative estimate of drug-likeness (QED) is 0.774. The van der Waals surface area contributed by atoms with Crippen molar-refractivity contribution in [3.05, 3.63) is 64.5 Å². The number of hydrogen-bond acceptors (Lipinski definition) is 4. The Morgan fingerprint density at radius 3 is 2.76 bits per heavy atom. The van der Waals surface area contributed by atoms with Crippen molar-refractivity contribution in [1.29, 1.82) is 0 Å². The Labute approximate surface area is 146 Å². The van der Waals surface area contributed by atoms with E-state index < -0.39 is 0 Å². The Morgan fingerprint density at radius 2 is 2.08 bits per heavy atom. The number of aryl methyl sites for hydroxylation is 3. The fraction of sp³-hybridized carbons (Fsp3) is 0.333. The summed E-state index contributed by atoms with van der Waals surface area (Å²) in [5.74, 6) is -0.118. The third-order valence-electron chi connectivity index (χ3n) is 4.16. The smallest absolute Gasteiger partial charge is 0.274 e. The molecule has 0 aliphatic carbocycles. The second-order valence-corrected chi connectivity index (χ2v) is 6.33. The zero-order chi connectivity index (χ0) is 18.0. The number of nitrogens with zero attached hydrogens (tertiary/aromatic N) is 5. The summed E-state index contributed by atoms with van der Waals surface area (Å²) in [6, 6.07) is 5.74. The van der Waals surface area contributed by atoms with E-state index in [1.165, 1.54) is 0 Å². The molecule has 3 rings (SSSR count). The molecule has 0 unspecified atom stereocenters. The van der Waals surface area contributed by atoms with Crippen molar-refractivity contribution in [2.24, 2.45) is 0 Å². The maximum Gasteiger partial charge on any atom is 0.274 e. The highest BCUT2D eigenvalue weighted by atomic mass is 16.2. The van der Waals surface area contributed by atoms with Crippen LogP contribution in [0.5, 0.6) is 0 Å². The van der Waals surface area contributed by atoms with Gasteiger partial charge in [0.2, 0.25) is 0 Å². The summed E-state index contributed by atoms with van der Waals surface area (Å²) in [4.78, 5) is 18.3. The van der Waals surface area contributed by atoms with Crippen LogP contribution in [0, 0.1) is 20.8 Å². The summed E-state index contributed by atoms with van der Waals surface area (Å²) in [6.07, 6.45) is 3.54. The van der Waals surface area contributed by atoms with Gasteiger partial charge >= 0.3 is 0 Å². The monoisotopic (exact) mass is 338 g/mol. The number of rotatable bonds is 5. The van der Waals surface area contributed by atoms with Crippen LogP contribution >= 0.6 is 0 Å². The molecule has 25 heavy (non-hydrogen) atoms. The number of hydrogen-bond donors (Lipinski definition) is 1. The zero-order valence-corrected chi connectivity index (χ0v) is 14.9. The predicted molar refractivity (Wildman–Crippen MR) is 94.2 cm³/mol. The van der Waals surface area contributed by atoms with Crippen molar-refractivity contribution >= 4 is 5.91 Å². The van der Waals surface area contributed by atoms with Crippen LogP contribution < -0.4 is 0 Å². The largest absolute Gasteiger partial charge is 0.336 e. The van der Waals surface area contributed by atoms with Crippen LogP contribution in [-0.2, 0) is 13.1 Å². The van der Waals surface area contributed by atoms with Crippen molar-refractivity contribution in [1.82, 2.24) is 29.9 Å². The van der Waals surface area contributed by atoms with Gasteiger partial charge in [-0.25, -0.2) is 0 Å². The van der Waals surface area contributed by atoms with Crippen LogP contribution in [0.2, 0.25) is 0 Å². The number of amides is 1. The Balaban J connectivity index is 1.69. The van der Waals surface area contributed by atoms with Gasteiger partial charge in [-0.05, 0) is 50.1 Å². The number of pyridine rings is 1. The van der Waals surface area contributed by atoms with E-state index in [2.05, 4.69) is 20.3 Å². The molecule has 0 spiro atoms. The van der Waals surface area contributed by atoms with Crippen molar-refractivity contribution < 1.29 is 4.79 Å². The molecule has 0 aliphatic heterocycles. The Bertz CT molecular complexity index is 895. The van der Waals surface area contributed by atoms with E-state index in [-0.39, 0.29) is 5.91 Å². The van der Waals surface area contributed by atoms with Crippen molar-refractivity contribution in [2.75, 3.05) is 7.05 Å². The minimum Gasteiger partial charge on any atom is -0.336 e. The molecule has 0 atom stereocenters. The fourth-order valence-corrected chi connectivity index (χ4v) is 2.75. The molecule has 3 aromatic heterocycles. The lowest BCUT2D eigenvalue weighted by atomic mass is 10.1. The summed E-state index contributed by atoms with van der Waals surface area (Å²) < 4.78 is 1.89. The van der Waals surface area contributed by atoms with Gasteiger partial charge < -0.3 is 4.90 Å². The van der Waals surface area contributed by atoms with E-state index in [0.717, 1.165) is 28.2 Å². The van der Waals surface area contributed by atoms with E-state index in [1.54, 1.807) is 30.4 Å². The summed E-state index contributed by atoms with van der Waals surface area (Å²) in [7, 11) is 1.78. The first kappa shape index (κ1) is 16.9. The molecule has 0 aliphatic rings. The topological polar surface area (TPSA) is 79.7 Å². The van der Waals surface area contributed by atoms with E-state index >= 15 is 0 Å². The van der Waals surface area contributed by atoms with Crippen molar-refractivity contribution in [2.45, 2.75) is 33.9 Å². The van der Waals surface area contributed by atoms with Crippen molar-refractivity contribution in [3.8, 4) is 0 Å².